The molecule has 210 valence electrons. The van der Waals surface area contributed by atoms with Crippen LogP contribution in [0, 0.1) is 5.92 Å². The number of aryl methyl sites for hydroxylation is 2. The lowest BCUT2D eigenvalue weighted by Crippen LogP contribution is -2.30. The van der Waals surface area contributed by atoms with Gasteiger partial charge in [-0.25, -0.2) is 0 Å². The number of para-hydroxylation sites is 1. The first-order valence-corrected chi connectivity index (χ1v) is 15.5. The minimum absolute atomic E-state index is 0.592. The molecule has 0 aliphatic carbocycles. The van der Waals surface area contributed by atoms with Gasteiger partial charge in [-0.3, -0.25) is 5.01 Å². The summed E-state index contributed by atoms with van der Waals surface area (Å²) in [7, 11) is 0. The van der Waals surface area contributed by atoms with E-state index in [0.717, 1.165) is 31.4 Å². The average molecular weight is 541 g/mol. The lowest BCUT2D eigenvalue weighted by molar-refractivity contribution is 0.540. The number of hydrogen-bond acceptors (Lipinski definition) is 2. The molecule has 0 bridgehead atoms. The second kappa shape index (κ2) is 14.1. The lowest BCUT2D eigenvalue weighted by atomic mass is 9.93. The summed E-state index contributed by atoms with van der Waals surface area (Å²) in [4.78, 5) is 0. The Balaban J connectivity index is 1.39. The van der Waals surface area contributed by atoms with Gasteiger partial charge in [0.2, 0.25) is 0 Å². The van der Waals surface area contributed by atoms with Gasteiger partial charge in [0.05, 0.1) is 11.9 Å². The van der Waals surface area contributed by atoms with Crippen molar-refractivity contribution in [1.82, 2.24) is 0 Å². The molecule has 41 heavy (non-hydrogen) atoms. The van der Waals surface area contributed by atoms with E-state index < -0.39 is 0 Å². The van der Waals surface area contributed by atoms with E-state index in [4.69, 9.17) is 5.10 Å². The minimum atomic E-state index is 0.592. The number of benzene rings is 4. The SMILES string of the molecule is CCCCc1ccc(C(=Cc2ccc(C=NN3CC(C)Cc4ccccc43)cc2)c2ccc(CCCC)cc2)cc1. The third kappa shape index (κ3) is 7.64. The standard InChI is InChI=1S/C39H44N2/c1-4-6-10-31-18-22-35(23-19-31)38(36-24-20-32(21-25-36)11-7-5-2)27-33-14-16-34(17-15-33)28-40-41-29-30(3)26-37-12-8-9-13-39(37)41/h8-9,12-25,27-28,30H,4-7,10-11,26,29H2,1-3H3. The highest BCUT2D eigenvalue weighted by molar-refractivity contribution is 5.92. The zero-order valence-electron chi connectivity index (χ0n) is 25.0. The Morgan fingerprint density at radius 1 is 0.732 bits per heavy atom. The molecule has 0 saturated carbocycles. The highest BCUT2D eigenvalue weighted by atomic mass is 15.5. The maximum atomic E-state index is 4.88. The highest BCUT2D eigenvalue weighted by Crippen LogP contribution is 2.30. The second-order valence-electron chi connectivity index (χ2n) is 11.6. The third-order valence-electron chi connectivity index (χ3n) is 8.08. The topological polar surface area (TPSA) is 15.6 Å². The molecule has 1 aliphatic rings. The van der Waals surface area contributed by atoms with Crippen molar-refractivity contribution < 1.29 is 0 Å². The molecule has 1 unspecified atom stereocenters. The summed E-state index contributed by atoms with van der Waals surface area (Å²) < 4.78 is 0. The largest absolute Gasteiger partial charge is 0.265 e. The quantitative estimate of drug-likeness (QED) is 0.136. The van der Waals surface area contributed by atoms with Crippen molar-refractivity contribution >= 4 is 23.6 Å². The summed E-state index contributed by atoms with van der Waals surface area (Å²) in [6.45, 7) is 7.76. The summed E-state index contributed by atoms with van der Waals surface area (Å²) in [6, 6.07) is 35.8. The number of anilines is 1. The lowest BCUT2D eigenvalue weighted by Gasteiger charge is -2.30. The van der Waals surface area contributed by atoms with Crippen molar-refractivity contribution in [2.24, 2.45) is 11.0 Å². The van der Waals surface area contributed by atoms with E-state index in [-0.39, 0.29) is 0 Å². The van der Waals surface area contributed by atoms with Gasteiger partial charge in [-0.2, -0.15) is 5.10 Å². The molecule has 2 heteroatoms. The summed E-state index contributed by atoms with van der Waals surface area (Å²) >= 11 is 0. The molecule has 0 radical (unpaired) electrons. The number of unbranched alkanes of at least 4 members (excludes halogenated alkanes) is 2. The van der Waals surface area contributed by atoms with Crippen molar-refractivity contribution in [2.75, 3.05) is 11.6 Å². The van der Waals surface area contributed by atoms with E-state index in [1.165, 1.54) is 70.3 Å². The van der Waals surface area contributed by atoms with E-state index in [1.54, 1.807) is 0 Å². The van der Waals surface area contributed by atoms with Crippen molar-refractivity contribution in [3.05, 3.63) is 136 Å². The number of hydrogen-bond donors (Lipinski definition) is 0. The fourth-order valence-corrected chi connectivity index (χ4v) is 5.66. The molecule has 2 nitrogen and oxygen atoms in total. The molecule has 5 rings (SSSR count). The van der Waals surface area contributed by atoms with E-state index in [9.17, 15) is 0 Å². The first kappa shape index (κ1) is 28.6. The Labute approximate surface area is 247 Å². The molecule has 1 atom stereocenters. The van der Waals surface area contributed by atoms with Crippen LogP contribution in [0.15, 0.2) is 102 Å². The highest BCUT2D eigenvalue weighted by Gasteiger charge is 2.20. The maximum Gasteiger partial charge on any atom is 0.0626 e. The minimum Gasteiger partial charge on any atom is -0.265 e. The Hall–Kier alpha value is -3.91. The van der Waals surface area contributed by atoms with Crippen LogP contribution in [0.25, 0.3) is 11.6 Å². The van der Waals surface area contributed by atoms with Gasteiger partial charge in [-0.05, 0) is 94.7 Å². The molecule has 1 heterocycles. The Bertz CT molecular complexity index is 1390. The first-order valence-electron chi connectivity index (χ1n) is 15.5. The van der Waals surface area contributed by atoms with Crippen LogP contribution >= 0.6 is 0 Å². The normalized spacial score (nSPS) is 14.7. The number of rotatable bonds is 11. The molecule has 4 aromatic rings. The number of nitrogens with zero attached hydrogens (tertiary/aromatic N) is 2. The van der Waals surface area contributed by atoms with Crippen LogP contribution in [-0.4, -0.2) is 12.8 Å². The van der Waals surface area contributed by atoms with Crippen LogP contribution in [-0.2, 0) is 19.3 Å². The van der Waals surface area contributed by atoms with Crippen LogP contribution in [0.1, 0.15) is 85.4 Å². The number of fused-ring (bicyclic) bond motifs is 1. The molecule has 0 aromatic heterocycles. The predicted octanol–water partition coefficient (Wildman–Crippen LogP) is 9.99. The Morgan fingerprint density at radius 2 is 1.29 bits per heavy atom. The van der Waals surface area contributed by atoms with E-state index >= 15 is 0 Å². The molecule has 1 aliphatic heterocycles. The van der Waals surface area contributed by atoms with Crippen LogP contribution in [0.2, 0.25) is 0 Å². The van der Waals surface area contributed by atoms with Crippen molar-refractivity contribution in [2.45, 2.75) is 65.7 Å². The van der Waals surface area contributed by atoms with Gasteiger partial charge in [0.25, 0.3) is 0 Å². The monoisotopic (exact) mass is 540 g/mol. The van der Waals surface area contributed by atoms with Gasteiger partial charge in [0, 0.05) is 6.54 Å². The summed E-state index contributed by atoms with van der Waals surface area (Å²) in [5.41, 5.74) is 11.5. The van der Waals surface area contributed by atoms with E-state index in [2.05, 4.69) is 129 Å². The van der Waals surface area contributed by atoms with Gasteiger partial charge in [0.1, 0.15) is 0 Å². The molecular formula is C39H44N2. The molecule has 0 saturated heterocycles. The Morgan fingerprint density at radius 3 is 1.88 bits per heavy atom. The van der Waals surface area contributed by atoms with Crippen molar-refractivity contribution in [1.29, 1.82) is 0 Å². The van der Waals surface area contributed by atoms with Crippen molar-refractivity contribution in [3.63, 3.8) is 0 Å². The molecule has 0 N–H and O–H groups in total. The van der Waals surface area contributed by atoms with Crippen LogP contribution in [0.5, 0.6) is 0 Å². The predicted molar refractivity (Wildman–Crippen MR) is 178 cm³/mol. The van der Waals surface area contributed by atoms with Gasteiger partial charge in [0.15, 0.2) is 0 Å². The maximum absolute atomic E-state index is 4.88. The molecule has 4 aromatic carbocycles. The fraction of sp³-hybridized carbons (Fsp3) is 0.308. The van der Waals surface area contributed by atoms with Gasteiger partial charge in [-0.1, -0.05) is 125 Å². The van der Waals surface area contributed by atoms with E-state index in [0.29, 0.717) is 5.92 Å². The molecule has 0 amide bonds. The Kier molecular flexibility index (Phi) is 9.86. The average Bonchev–Trinajstić information content (AvgIpc) is 3.01. The first-order chi connectivity index (χ1) is 20.1. The van der Waals surface area contributed by atoms with Gasteiger partial charge in [-0.15, -0.1) is 0 Å². The smallest absolute Gasteiger partial charge is 0.0626 e. The summed E-state index contributed by atoms with van der Waals surface area (Å²) in [5.74, 6) is 0.592. The molecule has 0 spiro atoms. The van der Waals surface area contributed by atoms with Crippen LogP contribution in [0.3, 0.4) is 0 Å². The molecular weight excluding hydrogens is 496 g/mol. The number of hydrazone groups is 1. The summed E-state index contributed by atoms with van der Waals surface area (Å²) in [6.07, 6.45) is 12.7. The molecule has 0 fully saturated rings. The van der Waals surface area contributed by atoms with Crippen molar-refractivity contribution in [3.8, 4) is 0 Å². The third-order valence-corrected chi connectivity index (χ3v) is 8.08. The van der Waals surface area contributed by atoms with Crippen LogP contribution in [0.4, 0.5) is 5.69 Å². The van der Waals surface area contributed by atoms with Gasteiger partial charge >= 0.3 is 0 Å². The fourth-order valence-electron chi connectivity index (χ4n) is 5.66. The zero-order chi connectivity index (χ0) is 28.4. The van der Waals surface area contributed by atoms with Crippen LogP contribution < -0.4 is 5.01 Å². The van der Waals surface area contributed by atoms with Gasteiger partial charge < -0.3 is 0 Å². The summed E-state index contributed by atoms with van der Waals surface area (Å²) in [5, 5.41) is 7.04. The zero-order valence-corrected chi connectivity index (χ0v) is 25.0. The van der Waals surface area contributed by atoms with E-state index in [1.807, 2.05) is 6.21 Å². The second-order valence-corrected chi connectivity index (χ2v) is 11.6.